The largest absolute Gasteiger partial charge is 0.325 e. The van der Waals surface area contributed by atoms with Gasteiger partial charge in [0.25, 0.3) is 0 Å². The number of rotatable bonds is 7. The summed E-state index contributed by atoms with van der Waals surface area (Å²) in [5.41, 5.74) is 2.15. The molecule has 0 aliphatic heterocycles. The highest BCUT2D eigenvalue weighted by Crippen LogP contribution is 2.58. The van der Waals surface area contributed by atoms with Crippen LogP contribution in [0.1, 0.15) is 37.7 Å². The van der Waals surface area contributed by atoms with Crippen molar-refractivity contribution in [1.29, 1.82) is 0 Å². The van der Waals surface area contributed by atoms with Crippen molar-refractivity contribution in [2.45, 2.75) is 38.3 Å². The van der Waals surface area contributed by atoms with Crippen LogP contribution in [0.2, 0.25) is 0 Å². The average Bonchev–Trinajstić information content (AvgIpc) is 2.94. The highest BCUT2D eigenvalue weighted by molar-refractivity contribution is 7.95. The summed E-state index contributed by atoms with van der Waals surface area (Å²) >= 11 is 0. The van der Waals surface area contributed by atoms with Crippen LogP contribution in [0.25, 0.3) is 0 Å². The minimum absolute atomic E-state index is 0.133. The van der Waals surface area contributed by atoms with Crippen molar-refractivity contribution in [1.82, 2.24) is 0 Å². The molecule has 35 heavy (non-hydrogen) atoms. The molecule has 1 saturated carbocycles. The van der Waals surface area contributed by atoms with E-state index in [1.807, 2.05) is 6.07 Å². The lowest BCUT2D eigenvalue weighted by atomic mass is 9.88. The van der Waals surface area contributed by atoms with Gasteiger partial charge in [0.2, 0.25) is 5.91 Å². The van der Waals surface area contributed by atoms with Gasteiger partial charge in [-0.25, -0.2) is 0 Å². The first kappa shape index (κ1) is 23.5. The molecule has 1 aliphatic rings. The fourth-order valence-corrected chi connectivity index (χ4v) is 9.68. The molecular formula is C32H33NOP+. The van der Waals surface area contributed by atoms with Gasteiger partial charge < -0.3 is 5.32 Å². The molecule has 0 unspecified atom stereocenters. The first-order chi connectivity index (χ1) is 17.3. The number of amides is 1. The number of nitrogens with one attached hydrogen (secondary N) is 1. The fraction of sp³-hybridized carbons (Fsp3) is 0.219. The number of hydrogen-bond donors (Lipinski definition) is 1. The maximum Gasteiger partial charge on any atom is 0.227 e. The summed E-state index contributed by atoms with van der Waals surface area (Å²) in [5.74, 6) is 0.314. The molecule has 0 heterocycles. The van der Waals surface area contributed by atoms with E-state index in [0.29, 0.717) is 0 Å². The van der Waals surface area contributed by atoms with Gasteiger partial charge in [0.05, 0.1) is 0 Å². The first-order valence-corrected chi connectivity index (χ1v) is 14.7. The molecular weight excluding hydrogens is 445 g/mol. The first-order valence-electron chi connectivity index (χ1n) is 12.7. The molecule has 1 aliphatic carbocycles. The summed E-state index contributed by atoms with van der Waals surface area (Å²) in [7, 11) is -2.03. The number of hydrogen-bond acceptors (Lipinski definition) is 1. The summed E-state index contributed by atoms with van der Waals surface area (Å²) in [6, 6.07) is 41.2. The zero-order valence-corrected chi connectivity index (χ0v) is 21.0. The van der Waals surface area contributed by atoms with Gasteiger partial charge in [-0.3, -0.25) is 4.79 Å². The van der Waals surface area contributed by atoms with E-state index in [2.05, 4.69) is 115 Å². The lowest BCUT2D eigenvalue weighted by Crippen LogP contribution is -2.33. The highest BCUT2D eigenvalue weighted by atomic mass is 31.2. The molecule has 3 heteroatoms. The lowest BCUT2D eigenvalue weighted by Gasteiger charge is -2.29. The topological polar surface area (TPSA) is 29.1 Å². The smallest absolute Gasteiger partial charge is 0.227 e. The van der Waals surface area contributed by atoms with E-state index in [1.54, 1.807) is 0 Å². The van der Waals surface area contributed by atoms with E-state index in [4.69, 9.17) is 0 Å². The summed E-state index contributed by atoms with van der Waals surface area (Å²) in [6.07, 6.45) is 6.42. The summed E-state index contributed by atoms with van der Waals surface area (Å²) in [5, 5.41) is 7.39. The molecule has 1 fully saturated rings. The van der Waals surface area contributed by atoms with Crippen molar-refractivity contribution in [2.24, 2.45) is 5.92 Å². The predicted molar refractivity (Wildman–Crippen MR) is 150 cm³/mol. The number of carbonyl (C=O) groups excluding carboxylic acids is 1. The molecule has 176 valence electrons. The van der Waals surface area contributed by atoms with Crippen molar-refractivity contribution in [2.75, 3.05) is 5.32 Å². The van der Waals surface area contributed by atoms with Gasteiger partial charge in [-0.05, 0) is 55.3 Å². The normalized spacial score (nSPS) is 14.4. The Hall–Kier alpha value is -3.22. The molecule has 1 amide bonds. The van der Waals surface area contributed by atoms with Gasteiger partial charge in [0.1, 0.15) is 29.3 Å². The van der Waals surface area contributed by atoms with Gasteiger partial charge in [-0.1, -0.05) is 92.1 Å². The Kier molecular flexibility index (Phi) is 7.40. The number of para-hydroxylation sites is 1. The third-order valence-electron chi connectivity index (χ3n) is 7.25. The third kappa shape index (κ3) is 5.09. The van der Waals surface area contributed by atoms with Crippen LogP contribution in [-0.4, -0.2) is 5.91 Å². The predicted octanol–water partition coefficient (Wildman–Crippen LogP) is 6.70. The highest BCUT2D eigenvalue weighted by Gasteiger charge is 2.45. The van der Waals surface area contributed by atoms with Crippen LogP contribution in [0, 0.1) is 5.92 Å². The number of anilines is 1. The Morgan fingerprint density at radius 2 is 1.09 bits per heavy atom. The molecule has 0 bridgehead atoms. The summed E-state index contributed by atoms with van der Waals surface area (Å²) in [4.78, 5) is 13.2. The monoisotopic (exact) mass is 478 g/mol. The molecule has 0 atom stereocenters. The van der Waals surface area contributed by atoms with Crippen LogP contribution in [0.15, 0.2) is 115 Å². The van der Waals surface area contributed by atoms with Crippen LogP contribution in [0.3, 0.4) is 0 Å². The van der Waals surface area contributed by atoms with Crippen molar-refractivity contribution < 1.29 is 4.79 Å². The molecule has 0 aromatic heterocycles. The number of benzene rings is 4. The van der Waals surface area contributed by atoms with Crippen LogP contribution in [0.5, 0.6) is 0 Å². The van der Waals surface area contributed by atoms with Crippen LogP contribution in [0.4, 0.5) is 5.69 Å². The van der Waals surface area contributed by atoms with Gasteiger partial charge in [-0.2, -0.15) is 0 Å². The van der Waals surface area contributed by atoms with Gasteiger partial charge >= 0.3 is 0 Å². The average molecular weight is 479 g/mol. The van der Waals surface area contributed by atoms with E-state index in [9.17, 15) is 4.79 Å². The standard InChI is InChI=1S/C32H32NOP/c34-32(26-15-5-1-6-16-26)33-31-24-14-13-17-27(31)25-35(28-18-7-2-8-19-28,29-20-9-3-10-21-29)30-22-11-4-12-23-30/h2-4,7-14,17-24,26H,1,5-6,15-16,25H2/p+1. The second-order valence-corrected chi connectivity index (χ2v) is 12.9. The molecule has 0 saturated heterocycles. The van der Waals surface area contributed by atoms with E-state index in [0.717, 1.165) is 37.5 Å². The molecule has 4 aromatic carbocycles. The maximum absolute atomic E-state index is 13.2. The molecule has 1 N–H and O–H groups in total. The van der Waals surface area contributed by atoms with Gasteiger partial charge in [0, 0.05) is 17.2 Å². The Labute approximate surface area is 209 Å². The Morgan fingerprint density at radius 1 is 0.629 bits per heavy atom. The fourth-order valence-electron chi connectivity index (χ4n) is 5.40. The molecule has 0 radical (unpaired) electrons. The van der Waals surface area contributed by atoms with Crippen molar-refractivity contribution >= 4 is 34.8 Å². The summed E-state index contributed by atoms with van der Waals surface area (Å²) in [6.45, 7) is 0. The Bertz CT molecular complexity index is 1140. The summed E-state index contributed by atoms with van der Waals surface area (Å²) < 4.78 is 0. The SMILES string of the molecule is O=C(Nc1ccccc1C[P+](c1ccccc1)(c1ccccc1)c1ccccc1)C1CCCCC1. The van der Waals surface area contributed by atoms with Crippen LogP contribution < -0.4 is 21.2 Å². The zero-order valence-electron chi connectivity index (χ0n) is 20.1. The second kappa shape index (κ2) is 11.0. The van der Waals surface area contributed by atoms with E-state index in [1.165, 1.54) is 27.9 Å². The van der Waals surface area contributed by atoms with Crippen LogP contribution in [-0.2, 0) is 11.0 Å². The molecule has 2 nitrogen and oxygen atoms in total. The van der Waals surface area contributed by atoms with Crippen LogP contribution >= 0.6 is 7.26 Å². The number of carbonyl (C=O) groups is 1. The van der Waals surface area contributed by atoms with Gasteiger partial charge in [0.15, 0.2) is 0 Å². The van der Waals surface area contributed by atoms with Crippen molar-refractivity contribution in [3.05, 3.63) is 121 Å². The minimum Gasteiger partial charge on any atom is -0.325 e. The zero-order chi connectivity index (χ0) is 23.9. The molecule has 5 rings (SSSR count). The second-order valence-electron chi connectivity index (χ2n) is 9.46. The van der Waals surface area contributed by atoms with Crippen molar-refractivity contribution in [3.8, 4) is 0 Å². The Balaban J connectivity index is 1.61. The van der Waals surface area contributed by atoms with Crippen molar-refractivity contribution in [3.63, 3.8) is 0 Å². The lowest BCUT2D eigenvalue weighted by molar-refractivity contribution is -0.120. The van der Waals surface area contributed by atoms with E-state index >= 15 is 0 Å². The molecule has 4 aromatic rings. The quantitative estimate of drug-likeness (QED) is 0.294. The third-order valence-corrected chi connectivity index (χ3v) is 11.6. The van der Waals surface area contributed by atoms with E-state index < -0.39 is 7.26 Å². The van der Waals surface area contributed by atoms with Gasteiger partial charge in [-0.15, -0.1) is 0 Å². The minimum atomic E-state index is -2.03. The Morgan fingerprint density at radius 3 is 1.60 bits per heavy atom. The maximum atomic E-state index is 13.2. The van der Waals surface area contributed by atoms with E-state index in [-0.39, 0.29) is 11.8 Å². The molecule has 0 spiro atoms.